The van der Waals surface area contributed by atoms with E-state index < -0.39 is 0 Å². The van der Waals surface area contributed by atoms with Crippen LogP contribution in [0.15, 0.2) is 36.9 Å². The second-order valence-electron chi connectivity index (χ2n) is 5.36. The molecular weight excluding hydrogens is 278 g/mol. The Balaban J connectivity index is 1.92. The van der Waals surface area contributed by atoms with Gasteiger partial charge in [0.2, 0.25) is 11.8 Å². The average Bonchev–Trinajstić information content (AvgIpc) is 2.56. The Morgan fingerprint density at radius 1 is 1.18 bits per heavy atom. The summed E-state index contributed by atoms with van der Waals surface area (Å²) in [6.45, 7) is 5.74. The van der Waals surface area contributed by atoms with Gasteiger partial charge in [0.05, 0.1) is 11.4 Å². The summed E-state index contributed by atoms with van der Waals surface area (Å²) < 4.78 is 0. The summed E-state index contributed by atoms with van der Waals surface area (Å²) in [6, 6.07) is 7.87. The van der Waals surface area contributed by atoms with Crippen LogP contribution >= 0.6 is 0 Å². The molecule has 1 heterocycles. The predicted octanol–water partition coefficient (Wildman–Crippen LogP) is 2.31. The molecule has 1 fully saturated rings. The van der Waals surface area contributed by atoms with E-state index in [0.717, 1.165) is 24.5 Å². The first-order chi connectivity index (χ1) is 10.7. The summed E-state index contributed by atoms with van der Waals surface area (Å²) in [7, 11) is 0. The Bertz CT molecular complexity index is 536. The van der Waals surface area contributed by atoms with Gasteiger partial charge in [0.25, 0.3) is 0 Å². The second kappa shape index (κ2) is 8.22. The number of amides is 2. The third kappa shape index (κ3) is 4.62. The molecule has 0 unspecified atom stereocenters. The minimum Gasteiger partial charge on any atom is -0.370 e. The highest BCUT2D eigenvalue weighted by atomic mass is 16.2. The molecule has 0 radical (unpaired) electrons. The number of carbonyl (C=O) groups is 2. The van der Waals surface area contributed by atoms with Gasteiger partial charge in [-0.15, -0.1) is 0 Å². The van der Waals surface area contributed by atoms with Crippen molar-refractivity contribution in [3.63, 3.8) is 0 Å². The van der Waals surface area contributed by atoms with Crippen LogP contribution in [-0.4, -0.2) is 31.4 Å². The molecule has 22 heavy (non-hydrogen) atoms. The maximum atomic E-state index is 12.0. The lowest BCUT2D eigenvalue weighted by atomic mass is 10.1. The zero-order valence-electron chi connectivity index (χ0n) is 12.8. The molecule has 0 bridgehead atoms. The topological polar surface area (TPSA) is 61.4 Å². The number of nitrogens with one attached hydrogen (secondary N) is 2. The summed E-state index contributed by atoms with van der Waals surface area (Å²) in [5.41, 5.74) is 1.91. The molecule has 2 amide bonds. The number of piperidine rings is 1. The average molecular weight is 301 g/mol. The summed E-state index contributed by atoms with van der Waals surface area (Å²) in [5.74, 6) is -0.365. The van der Waals surface area contributed by atoms with Crippen LogP contribution in [0.2, 0.25) is 0 Å². The van der Waals surface area contributed by atoms with Crippen molar-refractivity contribution in [1.29, 1.82) is 0 Å². The molecule has 0 aliphatic carbocycles. The second-order valence-corrected chi connectivity index (χ2v) is 5.36. The predicted molar refractivity (Wildman–Crippen MR) is 89.0 cm³/mol. The first-order valence-electron chi connectivity index (χ1n) is 7.75. The van der Waals surface area contributed by atoms with E-state index in [1.165, 1.54) is 25.3 Å². The van der Waals surface area contributed by atoms with Crippen LogP contribution < -0.4 is 15.5 Å². The first-order valence-corrected chi connectivity index (χ1v) is 7.75. The van der Waals surface area contributed by atoms with Crippen LogP contribution in [0, 0.1) is 0 Å². The van der Waals surface area contributed by atoms with E-state index in [1.807, 2.05) is 24.3 Å². The number of nitrogens with zero attached hydrogens (tertiary/aromatic N) is 1. The molecule has 1 aliphatic heterocycles. The minimum atomic E-state index is -0.262. The van der Waals surface area contributed by atoms with E-state index in [9.17, 15) is 9.59 Å². The van der Waals surface area contributed by atoms with Gasteiger partial charge in [-0.2, -0.15) is 0 Å². The standard InChI is InChI=1S/C17H23N3O2/c1-2-16(21)18-11-10-17(22)19-14-8-4-5-9-15(14)20-12-6-3-7-13-20/h2,4-5,8-9H,1,3,6-7,10-13H2,(H,18,21)(H,19,22). The summed E-state index contributed by atoms with van der Waals surface area (Å²) >= 11 is 0. The van der Waals surface area contributed by atoms with Crippen molar-refractivity contribution in [2.75, 3.05) is 29.9 Å². The van der Waals surface area contributed by atoms with E-state index in [1.54, 1.807) is 0 Å². The van der Waals surface area contributed by atoms with E-state index in [0.29, 0.717) is 6.54 Å². The third-order valence-electron chi connectivity index (χ3n) is 3.71. The fraction of sp³-hybridized carbons (Fsp3) is 0.412. The molecule has 1 saturated heterocycles. The minimum absolute atomic E-state index is 0.103. The molecule has 0 saturated carbocycles. The van der Waals surface area contributed by atoms with Crippen LogP contribution in [0.4, 0.5) is 11.4 Å². The van der Waals surface area contributed by atoms with Gasteiger partial charge in [-0.1, -0.05) is 18.7 Å². The smallest absolute Gasteiger partial charge is 0.243 e. The molecule has 1 aliphatic rings. The van der Waals surface area contributed by atoms with E-state index in [2.05, 4.69) is 22.1 Å². The normalized spacial score (nSPS) is 14.3. The summed E-state index contributed by atoms with van der Waals surface area (Å²) in [4.78, 5) is 25.4. The molecule has 0 aromatic heterocycles. The Morgan fingerprint density at radius 2 is 1.91 bits per heavy atom. The van der Waals surface area contributed by atoms with Crippen LogP contribution in [0.25, 0.3) is 0 Å². The highest BCUT2D eigenvalue weighted by Crippen LogP contribution is 2.28. The van der Waals surface area contributed by atoms with Crippen molar-refractivity contribution < 1.29 is 9.59 Å². The summed E-state index contributed by atoms with van der Waals surface area (Å²) in [5, 5.41) is 5.54. The molecule has 5 nitrogen and oxygen atoms in total. The number of hydrogen-bond donors (Lipinski definition) is 2. The highest BCUT2D eigenvalue weighted by molar-refractivity contribution is 5.95. The van der Waals surface area contributed by atoms with Crippen molar-refractivity contribution in [1.82, 2.24) is 5.32 Å². The molecule has 0 spiro atoms. The number of benzene rings is 1. The molecular formula is C17H23N3O2. The largest absolute Gasteiger partial charge is 0.370 e. The van der Waals surface area contributed by atoms with Gasteiger partial charge in [-0.05, 0) is 37.5 Å². The van der Waals surface area contributed by atoms with Crippen molar-refractivity contribution in [2.45, 2.75) is 25.7 Å². The monoisotopic (exact) mass is 301 g/mol. The Kier molecular flexibility index (Phi) is 6.01. The SMILES string of the molecule is C=CC(=O)NCCC(=O)Nc1ccccc1N1CCCCC1. The van der Waals surface area contributed by atoms with Gasteiger partial charge >= 0.3 is 0 Å². The maximum absolute atomic E-state index is 12.0. The van der Waals surface area contributed by atoms with Crippen LogP contribution in [-0.2, 0) is 9.59 Å². The lowest BCUT2D eigenvalue weighted by molar-refractivity contribution is -0.117. The van der Waals surface area contributed by atoms with Crippen molar-refractivity contribution >= 4 is 23.2 Å². The fourth-order valence-electron chi connectivity index (χ4n) is 2.57. The van der Waals surface area contributed by atoms with Gasteiger partial charge in [0.15, 0.2) is 0 Å². The Labute approximate surface area is 131 Å². The Morgan fingerprint density at radius 3 is 2.64 bits per heavy atom. The third-order valence-corrected chi connectivity index (χ3v) is 3.71. The quantitative estimate of drug-likeness (QED) is 0.793. The van der Waals surface area contributed by atoms with Gasteiger partial charge in [-0.25, -0.2) is 0 Å². The zero-order valence-corrected chi connectivity index (χ0v) is 12.8. The van der Waals surface area contributed by atoms with E-state index >= 15 is 0 Å². The molecule has 2 N–H and O–H groups in total. The Hall–Kier alpha value is -2.30. The number of rotatable bonds is 6. The molecule has 1 aromatic rings. The molecule has 118 valence electrons. The lowest BCUT2D eigenvalue weighted by Gasteiger charge is -2.30. The van der Waals surface area contributed by atoms with Gasteiger partial charge < -0.3 is 15.5 Å². The first kappa shape index (κ1) is 16.1. The fourth-order valence-corrected chi connectivity index (χ4v) is 2.57. The number of para-hydroxylation sites is 2. The maximum Gasteiger partial charge on any atom is 0.243 e. The molecule has 1 aromatic carbocycles. The highest BCUT2D eigenvalue weighted by Gasteiger charge is 2.15. The zero-order chi connectivity index (χ0) is 15.8. The van der Waals surface area contributed by atoms with Crippen molar-refractivity contribution in [3.05, 3.63) is 36.9 Å². The van der Waals surface area contributed by atoms with Gasteiger partial charge in [-0.3, -0.25) is 9.59 Å². The van der Waals surface area contributed by atoms with Crippen LogP contribution in [0.3, 0.4) is 0 Å². The van der Waals surface area contributed by atoms with Crippen molar-refractivity contribution in [3.8, 4) is 0 Å². The number of carbonyl (C=O) groups excluding carboxylic acids is 2. The van der Waals surface area contributed by atoms with Crippen LogP contribution in [0.1, 0.15) is 25.7 Å². The molecule has 5 heteroatoms. The van der Waals surface area contributed by atoms with E-state index in [-0.39, 0.29) is 18.2 Å². The van der Waals surface area contributed by atoms with E-state index in [4.69, 9.17) is 0 Å². The molecule has 0 atom stereocenters. The molecule has 2 rings (SSSR count). The van der Waals surface area contributed by atoms with Crippen LogP contribution in [0.5, 0.6) is 0 Å². The van der Waals surface area contributed by atoms with Gasteiger partial charge in [0.1, 0.15) is 0 Å². The summed E-state index contributed by atoms with van der Waals surface area (Å²) in [6.07, 6.45) is 5.09. The number of anilines is 2. The number of hydrogen-bond acceptors (Lipinski definition) is 3. The lowest BCUT2D eigenvalue weighted by Crippen LogP contribution is -2.31. The van der Waals surface area contributed by atoms with Crippen molar-refractivity contribution in [2.24, 2.45) is 0 Å². The van der Waals surface area contributed by atoms with Gasteiger partial charge in [0, 0.05) is 26.1 Å².